The highest BCUT2D eigenvalue weighted by atomic mass is 16.5. The van der Waals surface area contributed by atoms with Gasteiger partial charge >= 0.3 is 11.6 Å². The molecular weight excluding hydrogens is 320 g/mol. The first-order valence-corrected chi connectivity index (χ1v) is 7.89. The van der Waals surface area contributed by atoms with Gasteiger partial charge in [0.05, 0.1) is 0 Å². The van der Waals surface area contributed by atoms with Crippen molar-refractivity contribution in [3.63, 3.8) is 0 Å². The molecule has 1 aromatic heterocycles. The van der Waals surface area contributed by atoms with Gasteiger partial charge in [-0.25, -0.2) is 9.59 Å². The quantitative estimate of drug-likeness (QED) is 0.584. The van der Waals surface area contributed by atoms with Crippen LogP contribution in [-0.2, 0) is 16.1 Å². The SMILES string of the molecule is Cc1cc2oc(=O)cc(COC(=O)[C@@H](O)c3ccccc3)c2cc1C. The van der Waals surface area contributed by atoms with Gasteiger partial charge in [-0.3, -0.25) is 0 Å². The topological polar surface area (TPSA) is 76.7 Å². The van der Waals surface area contributed by atoms with Crippen LogP contribution >= 0.6 is 0 Å². The zero-order chi connectivity index (χ0) is 18.0. The second kappa shape index (κ2) is 6.91. The van der Waals surface area contributed by atoms with Crippen molar-refractivity contribution in [1.29, 1.82) is 0 Å². The molecular formula is C20H18O5. The van der Waals surface area contributed by atoms with Crippen LogP contribution in [0.3, 0.4) is 0 Å². The van der Waals surface area contributed by atoms with Gasteiger partial charge in [0, 0.05) is 17.0 Å². The van der Waals surface area contributed by atoms with Crippen molar-refractivity contribution >= 4 is 16.9 Å². The van der Waals surface area contributed by atoms with Crippen LogP contribution in [0, 0.1) is 13.8 Å². The Labute approximate surface area is 144 Å². The minimum atomic E-state index is -1.36. The number of ether oxygens (including phenoxy) is 1. The van der Waals surface area contributed by atoms with Gasteiger partial charge in [0.2, 0.25) is 0 Å². The fourth-order valence-electron chi connectivity index (χ4n) is 2.60. The maximum atomic E-state index is 12.1. The second-order valence-corrected chi connectivity index (χ2v) is 5.94. The third-order valence-electron chi connectivity index (χ3n) is 4.15. The Morgan fingerprint density at radius 1 is 1.12 bits per heavy atom. The first-order chi connectivity index (χ1) is 12.0. The van der Waals surface area contributed by atoms with Crippen molar-refractivity contribution in [2.75, 3.05) is 0 Å². The van der Waals surface area contributed by atoms with Crippen molar-refractivity contribution < 1.29 is 19.1 Å². The van der Waals surface area contributed by atoms with Crippen LogP contribution in [0.15, 0.2) is 57.7 Å². The van der Waals surface area contributed by atoms with Crippen LogP contribution in [0.4, 0.5) is 0 Å². The molecule has 0 aliphatic heterocycles. The third-order valence-corrected chi connectivity index (χ3v) is 4.15. The summed E-state index contributed by atoms with van der Waals surface area (Å²) >= 11 is 0. The third kappa shape index (κ3) is 3.61. The number of carbonyl (C=O) groups is 1. The Balaban J connectivity index is 1.84. The van der Waals surface area contributed by atoms with E-state index in [2.05, 4.69) is 0 Å². The normalized spacial score (nSPS) is 12.1. The maximum absolute atomic E-state index is 12.1. The molecule has 0 fully saturated rings. The van der Waals surface area contributed by atoms with Crippen molar-refractivity contribution in [1.82, 2.24) is 0 Å². The number of carbonyl (C=O) groups excluding carboxylic acids is 1. The molecule has 1 atom stereocenters. The number of aliphatic hydroxyl groups excluding tert-OH is 1. The molecule has 0 unspecified atom stereocenters. The number of esters is 1. The molecule has 5 heteroatoms. The summed E-state index contributed by atoms with van der Waals surface area (Å²) in [6, 6.07) is 13.5. The molecule has 5 nitrogen and oxygen atoms in total. The molecule has 0 saturated carbocycles. The summed E-state index contributed by atoms with van der Waals surface area (Å²) in [6.07, 6.45) is -1.36. The van der Waals surface area contributed by atoms with E-state index in [0.29, 0.717) is 22.1 Å². The van der Waals surface area contributed by atoms with Gasteiger partial charge in [-0.15, -0.1) is 0 Å². The van der Waals surface area contributed by atoms with Gasteiger partial charge < -0.3 is 14.3 Å². The van der Waals surface area contributed by atoms with Gasteiger partial charge in [-0.05, 0) is 42.7 Å². The Kier molecular flexibility index (Phi) is 4.67. The Bertz CT molecular complexity index is 973. The standard InChI is InChI=1S/C20H18O5/c1-12-8-16-15(10-18(21)25-17(16)9-13(12)2)11-24-20(23)19(22)14-6-4-3-5-7-14/h3-10,19,22H,11H2,1-2H3/t19-/m0/s1. The molecule has 3 rings (SSSR count). The number of hydrogen-bond acceptors (Lipinski definition) is 5. The first-order valence-electron chi connectivity index (χ1n) is 7.89. The van der Waals surface area contributed by atoms with E-state index in [1.807, 2.05) is 19.9 Å². The Morgan fingerprint density at radius 3 is 2.52 bits per heavy atom. The van der Waals surface area contributed by atoms with E-state index in [0.717, 1.165) is 11.1 Å². The lowest BCUT2D eigenvalue weighted by molar-refractivity contribution is -0.155. The van der Waals surface area contributed by atoms with Crippen LogP contribution in [-0.4, -0.2) is 11.1 Å². The van der Waals surface area contributed by atoms with E-state index in [9.17, 15) is 14.7 Å². The minimum absolute atomic E-state index is 0.118. The lowest BCUT2D eigenvalue weighted by Crippen LogP contribution is -2.16. The van der Waals surface area contributed by atoms with Crippen molar-refractivity contribution in [2.45, 2.75) is 26.6 Å². The summed E-state index contributed by atoms with van der Waals surface area (Å²) in [6.45, 7) is 3.76. The van der Waals surface area contributed by atoms with Crippen LogP contribution < -0.4 is 5.63 Å². The summed E-state index contributed by atoms with van der Waals surface area (Å²) in [4.78, 5) is 23.8. The fraction of sp³-hybridized carbons (Fsp3) is 0.200. The summed E-state index contributed by atoms with van der Waals surface area (Å²) < 4.78 is 10.4. The van der Waals surface area contributed by atoms with E-state index in [4.69, 9.17) is 9.15 Å². The zero-order valence-electron chi connectivity index (χ0n) is 14.0. The van der Waals surface area contributed by atoms with Crippen molar-refractivity contribution in [3.05, 3.63) is 81.2 Å². The summed E-state index contributed by atoms with van der Waals surface area (Å²) in [5, 5.41) is 10.8. The number of fused-ring (bicyclic) bond motifs is 1. The first kappa shape index (κ1) is 16.9. The van der Waals surface area contributed by atoms with Gasteiger partial charge in [0.1, 0.15) is 12.2 Å². The summed E-state index contributed by atoms with van der Waals surface area (Å²) in [7, 11) is 0. The molecule has 3 aromatic rings. The van der Waals surface area contributed by atoms with Crippen LogP contribution in [0.5, 0.6) is 0 Å². The average Bonchev–Trinajstić information content (AvgIpc) is 2.61. The maximum Gasteiger partial charge on any atom is 0.339 e. The number of aryl methyl sites for hydroxylation is 2. The molecule has 0 saturated heterocycles. The van der Waals surface area contributed by atoms with Crippen LogP contribution in [0.1, 0.15) is 28.4 Å². The van der Waals surface area contributed by atoms with Gasteiger partial charge in [0.15, 0.2) is 6.10 Å². The number of rotatable bonds is 4. The monoisotopic (exact) mass is 338 g/mol. The molecule has 0 aliphatic carbocycles. The average molecular weight is 338 g/mol. The summed E-state index contributed by atoms with van der Waals surface area (Å²) in [5.74, 6) is -0.767. The molecule has 0 amide bonds. The summed E-state index contributed by atoms with van der Waals surface area (Å²) in [5.41, 5.74) is 2.98. The number of benzene rings is 2. The highest BCUT2D eigenvalue weighted by molar-refractivity contribution is 5.82. The molecule has 0 spiro atoms. The molecule has 2 aromatic carbocycles. The van der Waals surface area contributed by atoms with Crippen molar-refractivity contribution in [2.24, 2.45) is 0 Å². The molecule has 128 valence electrons. The Morgan fingerprint density at radius 2 is 1.80 bits per heavy atom. The van der Waals surface area contributed by atoms with Gasteiger partial charge in [-0.1, -0.05) is 30.3 Å². The lowest BCUT2D eigenvalue weighted by atomic mass is 10.0. The predicted molar refractivity (Wildman–Crippen MR) is 93.2 cm³/mol. The van der Waals surface area contributed by atoms with Crippen LogP contribution in [0.25, 0.3) is 11.0 Å². The van der Waals surface area contributed by atoms with E-state index >= 15 is 0 Å². The molecule has 1 N–H and O–H groups in total. The predicted octanol–water partition coefficient (Wildman–Crippen LogP) is 3.19. The number of hydrogen-bond donors (Lipinski definition) is 1. The smallest absolute Gasteiger partial charge is 0.339 e. The second-order valence-electron chi connectivity index (χ2n) is 5.94. The minimum Gasteiger partial charge on any atom is -0.459 e. The lowest BCUT2D eigenvalue weighted by Gasteiger charge is -2.12. The molecule has 25 heavy (non-hydrogen) atoms. The van der Waals surface area contributed by atoms with Gasteiger partial charge in [0.25, 0.3) is 0 Å². The fourth-order valence-corrected chi connectivity index (χ4v) is 2.60. The van der Waals surface area contributed by atoms with E-state index in [-0.39, 0.29) is 6.61 Å². The number of aliphatic hydroxyl groups is 1. The Hall–Kier alpha value is -2.92. The van der Waals surface area contributed by atoms with Crippen LogP contribution in [0.2, 0.25) is 0 Å². The largest absolute Gasteiger partial charge is 0.459 e. The highest BCUT2D eigenvalue weighted by Gasteiger charge is 2.19. The molecule has 1 heterocycles. The molecule has 0 aliphatic rings. The van der Waals surface area contributed by atoms with E-state index in [1.165, 1.54) is 6.07 Å². The van der Waals surface area contributed by atoms with Crippen molar-refractivity contribution in [3.8, 4) is 0 Å². The molecule has 0 bridgehead atoms. The highest BCUT2D eigenvalue weighted by Crippen LogP contribution is 2.23. The molecule has 0 radical (unpaired) electrons. The van der Waals surface area contributed by atoms with E-state index < -0.39 is 17.7 Å². The van der Waals surface area contributed by atoms with E-state index in [1.54, 1.807) is 36.4 Å². The van der Waals surface area contributed by atoms with Gasteiger partial charge in [-0.2, -0.15) is 0 Å². The zero-order valence-corrected chi connectivity index (χ0v) is 14.0.